The highest BCUT2D eigenvalue weighted by Gasteiger charge is 2.46. The predicted molar refractivity (Wildman–Crippen MR) is 152 cm³/mol. The normalized spacial score (nSPS) is 23.1. The molecular weight excluding hydrogens is 545 g/mol. The van der Waals surface area contributed by atoms with Crippen LogP contribution in [-0.2, 0) is 25.9 Å². The average molecular weight is 580 g/mol. The molecule has 1 unspecified atom stereocenters. The van der Waals surface area contributed by atoms with Gasteiger partial charge in [-0.2, -0.15) is 9.40 Å². The van der Waals surface area contributed by atoms with Gasteiger partial charge in [0.25, 0.3) is 0 Å². The van der Waals surface area contributed by atoms with Crippen LogP contribution in [-0.4, -0.2) is 80.1 Å². The number of anilines is 1. The molecule has 1 aromatic carbocycles. The van der Waals surface area contributed by atoms with Gasteiger partial charge >= 0.3 is 0 Å². The summed E-state index contributed by atoms with van der Waals surface area (Å²) >= 11 is 0. The molecule has 0 N–H and O–H groups in total. The molecule has 0 amide bonds. The molecule has 41 heavy (non-hydrogen) atoms. The van der Waals surface area contributed by atoms with Crippen molar-refractivity contribution >= 4 is 21.9 Å². The molecule has 4 heterocycles. The zero-order chi connectivity index (χ0) is 28.0. The highest BCUT2D eigenvalue weighted by Crippen LogP contribution is 2.46. The highest BCUT2D eigenvalue weighted by molar-refractivity contribution is 7.89. The Morgan fingerprint density at radius 3 is 2.59 bits per heavy atom. The number of aromatic nitrogens is 3. The minimum Gasteiger partial charge on any atom is -0.380 e. The summed E-state index contributed by atoms with van der Waals surface area (Å²) in [5.74, 6) is 1.08. The number of fused-ring (bicyclic) bond motifs is 2. The summed E-state index contributed by atoms with van der Waals surface area (Å²) in [6.45, 7) is 4.63. The van der Waals surface area contributed by atoms with E-state index in [0.29, 0.717) is 58.3 Å². The Kier molecular flexibility index (Phi) is 6.93. The van der Waals surface area contributed by atoms with E-state index in [4.69, 9.17) is 9.47 Å². The number of nitrogens with zero attached hydrogens (tertiary/aromatic N) is 5. The van der Waals surface area contributed by atoms with Gasteiger partial charge in [0.15, 0.2) is 0 Å². The summed E-state index contributed by atoms with van der Waals surface area (Å²) in [6.07, 6.45) is 9.08. The lowest BCUT2D eigenvalue weighted by atomic mass is 9.69. The SMILES string of the molecule is O=S(=O)(c1ccc(N2CCOCC2)nc1)N1CCC2=Cc3c(cnn3-c3ccc(F)cc3)CC2(COCC2CC2)C1. The number of morpholine rings is 1. The highest BCUT2D eigenvalue weighted by atomic mass is 32.2. The predicted octanol–water partition coefficient (Wildman–Crippen LogP) is 3.69. The zero-order valence-corrected chi connectivity index (χ0v) is 23.7. The minimum absolute atomic E-state index is 0.205. The van der Waals surface area contributed by atoms with Crippen LogP contribution in [0.5, 0.6) is 0 Å². The Morgan fingerprint density at radius 2 is 1.85 bits per heavy atom. The van der Waals surface area contributed by atoms with Crippen LogP contribution in [0, 0.1) is 17.2 Å². The van der Waals surface area contributed by atoms with Crippen LogP contribution in [0.2, 0.25) is 0 Å². The first-order valence-corrected chi connectivity index (χ1v) is 15.8. The number of pyridine rings is 1. The summed E-state index contributed by atoms with van der Waals surface area (Å²) in [6, 6.07) is 9.76. The van der Waals surface area contributed by atoms with Gasteiger partial charge in [-0.1, -0.05) is 5.57 Å². The fourth-order valence-electron chi connectivity index (χ4n) is 6.18. The van der Waals surface area contributed by atoms with Crippen molar-refractivity contribution in [3.05, 3.63) is 71.4 Å². The first kappa shape index (κ1) is 26.8. The number of rotatable bonds is 8. The van der Waals surface area contributed by atoms with Crippen molar-refractivity contribution in [2.45, 2.75) is 30.6 Å². The van der Waals surface area contributed by atoms with Crippen molar-refractivity contribution in [3.8, 4) is 5.69 Å². The molecule has 216 valence electrons. The lowest BCUT2D eigenvalue weighted by Crippen LogP contribution is -2.51. The molecule has 2 saturated heterocycles. The molecule has 3 fully saturated rings. The van der Waals surface area contributed by atoms with Gasteiger partial charge < -0.3 is 14.4 Å². The van der Waals surface area contributed by atoms with E-state index >= 15 is 0 Å². The van der Waals surface area contributed by atoms with Gasteiger partial charge in [-0.05, 0) is 79.6 Å². The molecule has 4 aliphatic rings. The van der Waals surface area contributed by atoms with Gasteiger partial charge in [-0.3, -0.25) is 0 Å². The van der Waals surface area contributed by atoms with E-state index in [0.717, 1.165) is 35.9 Å². The molecule has 1 saturated carbocycles. The molecule has 9 nitrogen and oxygen atoms in total. The van der Waals surface area contributed by atoms with E-state index in [-0.39, 0.29) is 10.7 Å². The molecule has 2 aliphatic heterocycles. The molecule has 0 radical (unpaired) electrons. The number of ether oxygens (including phenoxy) is 2. The van der Waals surface area contributed by atoms with Crippen LogP contribution < -0.4 is 4.90 Å². The van der Waals surface area contributed by atoms with E-state index in [1.807, 2.05) is 10.9 Å². The van der Waals surface area contributed by atoms with E-state index in [2.05, 4.69) is 21.1 Å². The van der Waals surface area contributed by atoms with Crippen molar-refractivity contribution in [1.29, 1.82) is 0 Å². The second kappa shape index (κ2) is 10.6. The summed E-state index contributed by atoms with van der Waals surface area (Å²) in [5, 5.41) is 4.62. The van der Waals surface area contributed by atoms with E-state index in [1.165, 1.54) is 36.7 Å². The topological polar surface area (TPSA) is 89.8 Å². The fourth-order valence-corrected chi connectivity index (χ4v) is 7.65. The molecule has 0 bridgehead atoms. The van der Waals surface area contributed by atoms with Gasteiger partial charge in [-0.25, -0.2) is 22.5 Å². The number of piperidine rings is 1. The van der Waals surface area contributed by atoms with Crippen molar-refractivity contribution in [2.24, 2.45) is 11.3 Å². The lowest BCUT2D eigenvalue weighted by molar-refractivity contribution is 0.0358. The first-order valence-electron chi connectivity index (χ1n) is 14.3. The second-order valence-corrected chi connectivity index (χ2v) is 13.5. The van der Waals surface area contributed by atoms with Crippen LogP contribution in [0.15, 0.2) is 59.3 Å². The number of benzene rings is 1. The van der Waals surface area contributed by atoms with Crippen LogP contribution >= 0.6 is 0 Å². The number of hydrogen-bond acceptors (Lipinski definition) is 7. The maximum Gasteiger partial charge on any atom is 0.244 e. The molecule has 3 aromatic rings. The maximum absolute atomic E-state index is 13.9. The Labute approximate surface area is 239 Å². The lowest BCUT2D eigenvalue weighted by Gasteiger charge is -2.45. The largest absolute Gasteiger partial charge is 0.380 e. The zero-order valence-electron chi connectivity index (χ0n) is 22.9. The Balaban J connectivity index is 1.16. The van der Waals surface area contributed by atoms with Gasteiger partial charge in [0.1, 0.15) is 16.5 Å². The third kappa shape index (κ3) is 5.20. The molecule has 0 spiro atoms. The molecule has 7 rings (SSSR count). The molecular formula is C30H34FN5O4S. The monoisotopic (exact) mass is 579 g/mol. The van der Waals surface area contributed by atoms with Gasteiger partial charge in [0, 0.05) is 44.4 Å². The summed E-state index contributed by atoms with van der Waals surface area (Å²) in [7, 11) is -3.76. The second-order valence-electron chi connectivity index (χ2n) is 11.6. The third-order valence-electron chi connectivity index (χ3n) is 8.71. The van der Waals surface area contributed by atoms with Gasteiger partial charge in [0.2, 0.25) is 10.0 Å². The smallest absolute Gasteiger partial charge is 0.244 e. The molecule has 2 aromatic heterocycles. The molecule has 1 atom stereocenters. The number of hydrogen-bond donors (Lipinski definition) is 0. The van der Waals surface area contributed by atoms with Gasteiger partial charge in [0.05, 0.1) is 37.4 Å². The summed E-state index contributed by atoms with van der Waals surface area (Å²) < 4.78 is 56.5. The van der Waals surface area contributed by atoms with E-state index in [1.54, 1.807) is 28.6 Å². The van der Waals surface area contributed by atoms with Crippen LogP contribution in [0.25, 0.3) is 11.8 Å². The summed E-state index contributed by atoms with van der Waals surface area (Å²) in [4.78, 5) is 6.81. The van der Waals surface area contributed by atoms with Crippen molar-refractivity contribution < 1.29 is 22.3 Å². The fraction of sp³-hybridized carbons (Fsp3) is 0.467. The standard InChI is InChI=1S/C30H34FN5O4S/c31-25-3-5-26(6-4-25)36-28-15-24-9-10-35(20-30(24,16-23(28)17-33-36)21-40-19-22-1-2-22)41(37,38)27-7-8-29(32-18-27)34-11-13-39-14-12-34/h3-8,15,17-18,22H,1-2,9-14,16,19-21H2. The maximum atomic E-state index is 13.9. The van der Waals surface area contributed by atoms with Crippen LogP contribution in [0.4, 0.5) is 10.2 Å². The van der Waals surface area contributed by atoms with E-state index in [9.17, 15) is 12.8 Å². The Morgan fingerprint density at radius 1 is 1.05 bits per heavy atom. The van der Waals surface area contributed by atoms with Crippen molar-refractivity contribution in [3.63, 3.8) is 0 Å². The van der Waals surface area contributed by atoms with Crippen LogP contribution in [0.3, 0.4) is 0 Å². The molecule has 2 aliphatic carbocycles. The van der Waals surface area contributed by atoms with Gasteiger partial charge in [-0.15, -0.1) is 0 Å². The number of sulfonamides is 1. The van der Waals surface area contributed by atoms with Crippen molar-refractivity contribution in [1.82, 2.24) is 19.1 Å². The number of halogens is 1. The van der Waals surface area contributed by atoms with Crippen LogP contribution in [0.1, 0.15) is 30.5 Å². The molecule has 11 heteroatoms. The minimum atomic E-state index is -3.76. The Hall–Kier alpha value is -3.12. The average Bonchev–Trinajstić information content (AvgIpc) is 3.74. The van der Waals surface area contributed by atoms with E-state index < -0.39 is 15.4 Å². The van der Waals surface area contributed by atoms with Crippen molar-refractivity contribution in [2.75, 3.05) is 57.5 Å². The Bertz CT molecular complexity index is 1550. The summed E-state index contributed by atoms with van der Waals surface area (Å²) in [5.41, 5.74) is 3.48. The quantitative estimate of drug-likeness (QED) is 0.402. The third-order valence-corrected chi connectivity index (χ3v) is 10.5. The first-order chi connectivity index (χ1) is 19.9.